The second-order valence-electron chi connectivity index (χ2n) is 6.64. The van der Waals surface area contributed by atoms with Gasteiger partial charge in [0.15, 0.2) is 5.76 Å². The summed E-state index contributed by atoms with van der Waals surface area (Å²) >= 11 is 1.37. The lowest BCUT2D eigenvalue weighted by molar-refractivity contribution is 0.0904. The van der Waals surface area contributed by atoms with Gasteiger partial charge < -0.3 is 15.1 Å². The summed E-state index contributed by atoms with van der Waals surface area (Å²) in [6, 6.07) is 14.4. The number of rotatable bonds is 5. The van der Waals surface area contributed by atoms with Crippen molar-refractivity contribution in [1.29, 1.82) is 0 Å². The first kappa shape index (κ1) is 20.7. The number of carbonyl (C=O) groups is 1. The van der Waals surface area contributed by atoms with Crippen molar-refractivity contribution in [3.05, 3.63) is 65.7 Å². The number of para-hydroxylation sites is 1. The van der Waals surface area contributed by atoms with Crippen LogP contribution in [0.15, 0.2) is 57.8 Å². The Morgan fingerprint density at radius 2 is 2.00 bits per heavy atom. The molecule has 0 saturated carbocycles. The number of amides is 1. The summed E-state index contributed by atoms with van der Waals surface area (Å²) in [5, 5.41) is 7.26. The topological polar surface area (TPSA) is 54.3 Å². The molecule has 1 fully saturated rings. The Labute approximate surface area is 173 Å². The van der Waals surface area contributed by atoms with E-state index in [1.54, 1.807) is 12.1 Å². The smallest absolute Gasteiger partial charge is 0.287 e. The molecule has 1 aliphatic rings. The minimum Gasteiger partial charge on any atom is -0.451 e. The third kappa shape index (κ3) is 4.51. The molecule has 1 atom stereocenters. The second kappa shape index (κ2) is 9.45. The van der Waals surface area contributed by atoms with Crippen LogP contribution in [-0.2, 0) is 5.75 Å². The molecule has 0 radical (unpaired) electrons. The number of benzene rings is 2. The van der Waals surface area contributed by atoms with E-state index in [-0.39, 0.29) is 30.2 Å². The molecule has 4 nitrogen and oxygen atoms in total. The van der Waals surface area contributed by atoms with Gasteiger partial charge in [0, 0.05) is 34.2 Å². The van der Waals surface area contributed by atoms with E-state index in [2.05, 4.69) is 10.6 Å². The van der Waals surface area contributed by atoms with Crippen LogP contribution in [0.1, 0.15) is 29.0 Å². The summed E-state index contributed by atoms with van der Waals surface area (Å²) in [5.74, 6) is 0.327. The summed E-state index contributed by atoms with van der Waals surface area (Å²) in [5.41, 5.74) is 1.48. The van der Waals surface area contributed by atoms with Gasteiger partial charge in [0.2, 0.25) is 0 Å². The Balaban J connectivity index is 0.00000225. The lowest BCUT2D eigenvalue weighted by atomic mass is 10.1. The monoisotopic (exact) mass is 420 g/mol. The van der Waals surface area contributed by atoms with Crippen LogP contribution in [-0.4, -0.2) is 25.0 Å². The quantitative estimate of drug-likeness (QED) is 0.584. The van der Waals surface area contributed by atoms with Crippen LogP contribution in [0.5, 0.6) is 0 Å². The summed E-state index contributed by atoms with van der Waals surface area (Å²) in [7, 11) is 0. The van der Waals surface area contributed by atoms with Crippen molar-refractivity contribution < 1.29 is 13.6 Å². The van der Waals surface area contributed by atoms with Crippen LogP contribution in [0.4, 0.5) is 4.39 Å². The normalized spacial score (nSPS) is 16.5. The molecule has 1 aliphatic heterocycles. The molecule has 1 unspecified atom stereocenters. The number of halogens is 2. The van der Waals surface area contributed by atoms with E-state index in [4.69, 9.17) is 4.42 Å². The average molecular weight is 421 g/mol. The van der Waals surface area contributed by atoms with Crippen LogP contribution in [0.3, 0.4) is 0 Å². The number of hydrogen-bond donors (Lipinski definition) is 2. The predicted octanol–water partition coefficient (Wildman–Crippen LogP) is 4.77. The van der Waals surface area contributed by atoms with E-state index in [1.807, 2.05) is 30.3 Å². The highest BCUT2D eigenvalue weighted by Gasteiger charge is 2.24. The van der Waals surface area contributed by atoms with Gasteiger partial charge in [-0.3, -0.25) is 4.79 Å². The highest BCUT2D eigenvalue weighted by Crippen LogP contribution is 2.33. The molecule has 3 aromatic rings. The SMILES string of the molecule is Cl.O=C(NC1CCCNC1)c1oc2ccccc2c1CSc1ccccc1F. The molecule has 0 aliphatic carbocycles. The number of nitrogens with one attached hydrogen (secondary N) is 2. The van der Waals surface area contributed by atoms with Crippen molar-refractivity contribution >= 4 is 41.0 Å². The molecule has 2 heterocycles. The highest BCUT2D eigenvalue weighted by molar-refractivity contribution is 7.98. The van der Waals surface area contributed by atoms with Gasteiger partial charge in [0.25, 0.3) is 5.91 Å². The van der Waals surface area contributed by atoms with Crippen molar-refractivity contribution in [3.63, 3.8) is 0 Å². The first-order valence-corrected chi connectivity index (χ1v) is 10.1. The van der Waals surface area contributed by atoms with Crippen molar-refractivity contribution in [2.75, 3.05) is 13.1 Å². The van der Waals surface area contributed by atoms with E-state index in [0.717, 1.165) is 36.9 Å². The number of thioether (sulfide) groups is 1. The van der Waals surface area contributed by atoms with Crippen LogP contribution in [0.25, 0.3) is 11.0 Å². The van der Waals surface area contributed by atoms with Crippen LogP contribution < -0.4 is 10.6 Å². The third-order valence-corrected chi connectivity index (χ3v) is 5.82. The summed E-state index contributed by atoms with van der Waals surface area (Å²) < 4.78 is 19.9. The number of piperidine rings is 1. The first-order valence-electron chi connectivity index (χ1n) is 9.11. The second-order valence-corrected chi connectivity index (χ2v) is 7.66. The van der Waals surface area contributed by atoms with E-state index < -0.39 is 0 Å². The van der Waals surface area contributed by atoms with Gasteiger partial charge in [-0.25, -0.2) is 4.39 Å². The molecular weight excluding hydrogens is 399 g/mol. The lowest BCUT2D eigenvalue weighted by Gasteiger charge is -2.23. The largest absolute Gasteiger partial charge is 0.451 e. The molecule has 2 aromatic carbocycles. The molecular formula is C21H22ClFN2O2S. The Hall–Kier alpha value is -2.02. The van der Waals surface area contributed by atoms with Crippen LogP contribution in [0.2, 0.25) is 0 Å². The van der Waals surface area contributed by atoms with Crippen LogP contribution in [0, 0.1) is 5.82 Å². The van der Waals surface area contributed by atoms with Crippen molar-refractivity contribution in [2.24, 2.45) is 0 Å². The summed E-state index contributed by atoms with van der Waals surface area (Å²) in [6.45, 7) is 1.76. The molecule has 1 aromatic heterocycles. The fourth-order valence-electron chi connectivity index (χ4n) is 3.36. The standard InChI is InChI=1S/C21H21FN2O2S.ClH/c22-17-8-2-4-10-19(17)27-13-16-15-7-1-3-9-18(15)26-20(16)21(25)24-14-6-5-11-23-12-14;/h1-4,7-10,14,23H,5-6,11-13H2,(H,24,25);1H. The Bertz CT molecular complexity index is 956. The molecule has 28 heavy (non-hydrogen) atoms. The lowest BCUT2D eigenvalue weighted by Crippen LogP contribution is -2.45. The summed E-state index contributed by atoms with van der Waals surface area (Å²) in [4.78, 5) is 13.4. The molecule has 1 amide bonds. The molecule has 148 valence electrons. The van der Waals surface area contributed by atoms with E-state index >= 15 is 0 Å². The van der Waals surface area contributed by atoms with Crippen molar-refractivity contribution in [3.8, 4) is 0 Å². The van der Waals surface area contributed by atoms with Gasteiger partial charge in [-0.2, -0.15) is 0 Å². The minimum atomic E-state index is -0.255. The van der Waals surface area contributed by atoms with Crippen molar-refractivity contribution in [2.45, 2.75) is 29.5 Å². The predicted molar refractivity (Wildman–Crippen MR) is 113 cm³/mol. The molecule has 1 saturated heterocycles. The van der Waals surface area contributed by atoms with Crippen molar-refractivity contribution in [1.82, 2.24) is 10.6 Å². The number of fused-ring (bicyclic) bond motifs is 1. The zero-order valence-electron chi connectivity index (χ0n) is 15.2. The Morgan fingerprint density at radius 1 is 1.21 bits per heavy atom. The maximum Gasteiger partial charge on any atom is 0.287 e. The number of carbonyl (C=O) groups excluding carboxylic acids is 1. The fourth-order valence-corrected chi connectivity index (χ4v) is 4.33. The number of furan rings is 1. The molecule has 2 N–H and O–H groups in total. The maximum absolute atomic E-state index is 14.0. The zero-order chi connectivity index (χ0) is 18.6. The molecule has 7 heteroatoms. The van der Waals surface area contributed by atoms with Gasteiger partial charge in [-0.05, 0) is 37.6 Å². The molecule has 0 spiro atoms. The zero-order valence-corrected chi connectivity index (χ0v) is 16.9. The summed E-state index contributed by atoms with van der Waals surface area (Å²) in [6.07, 6.45) is 2.00. The molecule has 0 bridgehead atoms. The first-order chi connectivity index (χ1) is 13.2. The third-order valence-electron chi connectivity index (χ3n) is 4.75. The minimum absolute atomic E-state index is 0. The Kier molecular flexibility index (Phi) is 6.99. The van der Waals surface area contributed by atoms with Gasteiger partial charge in [0.05, 0.1) is 0 Å². The van der Waals surface area contributed by atoms with Gasteiger partial charge in [-0.15, -0.1) is 24.2 Å². The van der Waals surface area contributed by atoms with Gasteiger partial charge >= 0.3 is 0 Å². The van der Waals surface area contributed by atoms with Gasteiger partial charge in [0.1, 0.15) is 11.4 Å². The Morgan fingerprint density at radius 3 is 2.79 bits per heavy atom. The maximum atomic E-state index is 14.0. The van der Waals surface area contributed by atoms with Crippen LogP contribution >= 0.6 is 24.2 Å². The van der Waals surface area contributed by atoms with E-state index in [9.17, 15) is 9.18 Å². The average Bonchev–Trinajstić information content (AvgIpc) is 3.07. The fraction of sp³-hybridized carbons (Fsp3) is 0.286. The molecule has 4 rings (SSSR count). The number of hydrogen-bond acceptors (Lipinski definition) is 4. The van der Waals surface area contributed by atoms with E-state index in [0.29, 0.717) is 22.0 Å². The van der Waals surface area contributed by atoms with Gasteiger partial charge in [-0.1, -0.05) is 30.3 Å². The highest BCUT2D eigenvalue weighted by atomic mass is 35.5. The van der Waals surface area contributed by atoms with E-state index in [1.165, 1.54) is 17.8 Å².